The van der Waals surface area contributed by atoms with Gasteiger partial charge in [0.25, 0.3) is 0 Å². The van der Waals surface area contributed by atoms with Crippen LogP contribution in [0.15, 0.2) is 41.6 Å². The van der Waals surface area contributed by atoms with Crippen molar-refractivity contribution in [3.8, 4) is 0 Å². The van der Waals surface area contributed by atoms with E-state index in [-0.39, 0.29) is 6.04 Å². The van der Waals surface area contributed by atoms with Crippen LogP contribution >= 0.6 is 0 Å². The molecular weight excluding hydrogens is 324 g/mol. The van der Waals surface area contributed by atoms with Crippen molar-refractivity contribution in [2.45, 2.75) is 30.3 Å². The largest absolute Gasteiger partial charge is 0.361 e. The molecule has 0 amide bonds. The Morgan fingerprint density at radius 1 is 1.33 bits per heavy atom. The molecule has 2 N–H and O–H groups in total. The second-order valence-corrected chi connectivity index (χ2v) is 8.43. The van der Waals surface area contributed by atoms with E-state index in [1.165, 1.54) is 23.4 Å². The van der Waals surface area contributed by atoms with Crippen LogP contribution in [-0.4, -0.2) is 41.3 Å². The number of aromatic amines is 2. The highest BCUT2D eigenvalue weighted by Crippen LogP contribution is 2.35. The van der Waals surface area contributed by atoms with Gasteiger partial charge in [-0.25, -0.2) is 8.42 Å². The molecular formula is C17H20N4O2S. The molecule has 0 radical (unpaired) electrons. The number of hydrogen-bond acceptors (Lipinski definition) is 4. The molecule has 6 nitrogen and oxygen atoms in total. The smallest absolute Gasteiger partial charge is 0.178 e. The van der Waals surface area contributed by atoms with Gasteiger partial charge in [-0.3, -0.25) is 10.00 Å². The number of fused-ring (bicyclic) bond motifs is 1. The van der Waals surface area contributed by atoms with Gasteiger partial charge in [0, 0.05) is 24.5 Å². The van der Waals surface area contributed by atoms with Gasteiger partial charge < -0.3 is 4.98 Å². The van der Waals surface area contributed by atoms with E-state index in [4.69, 9.17) is 0 Å². The van der Waals surface area contributed by atoms with Gasteiger partial charge in [-0.15, -0.1) is 0 Å². The molecule has 1 aromatic carbocycles. The average molecular weight is 344 g/mol. The Labute approximate surface area is 140 Å². The van der Waals surface area contributed by atoms with Crippen molar-refractivity contribution >= 4 is 20.7 Å². The number of hydrogen-bond donors (Lipinski definition) is 2. The molecule has 1 atom stereocenters. The quantitative estimate of drug-likeness (QED) is 0.762. The molecule has 2 aromatic heterocycles. The molecule has 126 valence electrons. The maximum absolute atomic E-state index is 12.0. The zero-order chi connectivity index (χ0) is 16.7. The molecule has 24 heavy (non-hydrogen) atoms. The first kappa shape index (κ1) is 15.4. The predicted octanol–water partition coefficient (Wildman–Crippen LogP) is 2.63. The number of benzene rings is 1. The maximum atomic E-state index is 12.0. The van der Waals surface area contributed by atoms with Gasteiger partial charge in [0.05, 0.1) is 17.9 Å². The van der Waals surface area contributed by atoms with E-state index >= 15 is 0 Å². The summed E-state index contributed by atoms with van der Waals surface area (Å²) in [7, 11) is -3.27. The van der Waals surface area contributed by atoms with Crippen molar-refractivity contribution in [1.82, 2.24) is 20.1 Å². The number of sulfone groups is 1. The van der Waals surface area contributed by atoms with Crippen LogP contribution in [0, 0.1) is 0 Å². The molecule has 0 spiro atoms. The maximum Gasteiger partial charge on any atom is 0.178 e. The van der Waals surface area contributed by atoms with Crippen molar-refractivity contribution in [3.63, 3.8) is 0 Å². The topological polar surface area (TPSA) is 81.8 Å². The van der Waals surface area contributed by atoms with Crippen LogP contribution in [-0.2, 0) is 16.4 Å². The summed E-state index contributed by atoms with van der Waals surface area (Å²) >= 11 is 0. The lowest BCUT2D eigenvalue weighted by molar-refractivity contribution is 0.242. The Kier molecular flexibility index (Phi) is 3.69. The summed E-state index contributed by atoms with van der Waals surface area (Å²) < 4.78 is 23.9. The Balaban J connectivity index is 1.62. The van der Waals surface area contributed by atoms with Gasteiger partial charge in [0.1, 0.15) is 4.90 Å². The summed E-state index contributed by atoms with van der Waals surface area (Å²) in [4.78, 5) is 5.88. The van der Waals surface area contributed by atoms with Crippen molar-refractivity contribution in [2.24, 2.45) is 0 Å². The summed E-state index contributed by atoms with van der Waals surface area (Å²) in [5.41, 5.74) is 3.06. The van der Waals surface area contributed by atoms with Crippen LogP contribution in [0.4, 0.5) is 0 Å². The zero-order valence-electron chi connectivity index (χ0n) is 13.5. The van der Waals surface area contributed by atoms with Crippen LogP contribution in [0.5, 0.6) is 0 Å². The van der Waals surface area contributed by atoms with Gasteiger partial charge in [-0.2, -0.15) is 5.10 Å². The number of H-pyrrole nitrogens is 2. The van der Waals surface area contributed by atoms with E-state index in [0.717, 1.165) is 37.1 Å². The molecule has 0 aliphatic carbocycles. The van der Waals surface area contributed by atoms with E-state index in [1.807, 2.05) is 6.20 Å². The van der Waals surface area contributed by atoms with Crippen molar-refractivity contribution < 1.29 is 8.42 Å². The minimum atomic E-state index is -3.27. The Morgan fingerprint density at radius 3 is 3.04 bits per heavy atom. The zero-order valence-corrected chi connectivity index (χ0v) is 14.3. The van der Waals surface area contributed by atoms with Crippen LogP contribution in [0.3, 0.4) is 0 Å². The highest BCUT2D eigenvalue weighted by molar-refractivity contribution is 7.90. The van der Waals surface area contributed by atoms with Crippen LogP contribution in [0.25, 0.3) is 10.9 Å². The number of rotatable bonds is 4. The molecule has 1 aliphatic heterocycles. The lowest BCUT2D eigenvalue weighted by Crippen LogP contribution is -2.24. The standard InChI is InChI=1S/C17H20N4O2S/c1-24(22,23)16-10-19-20-17(16)15-3-2-8-21(15)11-12-4-5-13-6-7-18-14(13)9-12/h4-7,9-10,15,18H,2-3,8,11H2,1H3,(H,19,20). The molecule has 1 aliphatic rings. The SMILES string of the molecule is CS(=O)(=O)c1cn[nH]c1C1CCCN1Cc1ccc2cc[nH]c2c1. The fraction of sp³-hybridized carbons (Fsp3) is 0.353. The van der Waals surface area contributed by atoms with Crippen molar-refractivity contribution in [3.05, 3.63) is 47.9 Å². The summed E-state index contributed by atoms with van der Waals surface area (Å²) in [5, 5.41) is 8.09. The van der Waals surface area contributed by atoms with E-state index in [9.17, 15) is 8.42 Å². The molecule has 4 rings (SSSR count). The normalized spacial score (nSPS) is 19.3. The molecule has 1 unspecified atom stereocenters. The average Bonchev–Trinajstić information content (AvgIpc) is 3.25. The van der Waals surface area contributed by atoms with Crippen molar-refractivity contribution in [2.75, 3.05) is 12.8 Å². The third-order valence-electron chi connectivity index (χ3n) is 4.73. The lowest BCUT2D eigenvalue weighted by Gasteiger charge is -2.24. The van der Waals surface area contributed by atoms with Gasteiger partial charge in [-0.05, 0) is 42.5 Å². The minimum absolute atomic E-state index is 0.0663. The minimum Gasteiger partial charge on any atom is -0.361 e. The van der Waals surface area contributed by atoms with Crippen LogP contribution in [0.2, 0.25) is 0 Å². The molecule has 3 aromatic rings. The second kappa shape index (κ2) is 5.75. The highest BCUT2D eigenvalue weighted by Gasteiger charge is 2.31. The Hall–Kier alpha value is -2.12. The summed E-state index contributed by atoms with van der Waals surface area (Å²) in [5.74, 6) is 0. The first-order chi connectivity index (χ1) is 11.5. The second-order valence-electron chi connectivity index (χ2n) is 6.45. The third kappa shape index (κ3) is 2.74. The number of nitrogens with zero attached hydrogens (tertiary/aromatic N) is 2. The third-order valence-corrected chi connectivity index (χ3v) is 5.86. The number of likely N-dealkylation sites (tertiary alicyclic amines) is 1. The molecule has 3 heterocycles. The molecule has 0 bridgehead atoms. The van der Waals surface area contributed by atoms with Crippen LogP contribution < -0.4 is 0 Å². The van der Waals surface area contributed by atoms with E-state index < -0.39 is 9.84 Å². The van der Waals surface area contributed by atoms with Gasteiger partial charge >= 0.3 is 0 Å². The monoisotopic (exact) mass is 344 g/mol. The van der Waals surface area contributed by atoms with E-state index in [0.29, 0.717) is 4.90 Å². The Bertz CT molecular complexity index is 973. The number of aromatic nitrogens is 3. The first-order valence-electron chi connectivity index (χ1n) is 8.06. The number of nitrogens with one attached hydrogen (secondary N) is 2. The molecule has 1 fully saturated rings. The Morgan fingerprint density at radius 2 is 2.21 bits per heavy atom. The lowest BCUT2D eigenvalue weighted by atomic mass is 10.1. The molecule has 1 saturated heterocycles. The van der Waals surface area contributed by atoms with Gasteiger partial charge in [0.2, 0.25) is 0 Å². The van der Waals surface area contributed by atoms with E-state index in [1.54, 1.807) is 0 Å². The fourth-order valence-corrected chi connectivity index (χ4v) is 4.41. The van der Waals surface area contributed by atoms with Gasteiger partial charge in [0.15, 0.2) is 9.84 Å². The van der Waals surface area contributed by atoms with Gasteiger partial charge in [-0.1, -0.05) is 12.1 Å². The van der Waals surface area contributed by atoms with E-state index in [2.05, 4.69) is 44.3 Å². The van der Waals surface area contributed by atoms with Crippen molar-refractivity contribution in [1.29, 1.82) is 0 Å². The summed E-state index contributed by atoms with van der Waals surface area (Å²) in [6.07, 6.45) is 6.59. The predicted molar refractivity (Wildman–Crippen MR) is 92.4 cm³/mol. The molecule has 0 saturated carbocycles. The highest BCUT2D eigenvalue weighted by atomic mass is 32.2. The summed E-state index contributed by atoms with van der Waals surface area (Å²) in [6.45, 7) is 1.75. The molecule has 7 heteroatoms. The first-order valence-corrected chi connectivity index (χ1v) is 9.95. The van der Waals surface area contributed by atoms with Crippen LogP contribution in [0.1, 0.15) is 30.1 Å². The summed E-state index contributed by atoms with van der Waals surface area (Å²) in [6, 6.07) is 8.53. The fourth-order valence-electron chi connectivity index (χ4n) is 3.59.